The summed E-state index contributed by atoms with van der Waals surface area (Å²) in [4.78, 5) is 17.3. The lowest BCUT2D eigenvalue weighted by Gasteiger charge is -2.37. The first-order chi connectivity index (χ1) is 13.0. The quantitative estimate of drug-likeness (QED) is 0.847. The van der Waals surface area contributed by atoms with Crippen molar-refractivity contribution in [2.24, 2.45) is 0 Å². The van der Waals surface area contributed by atoms with Gasteiger partial charge in [0.2, 0.25) is 0 Å². The Balaban J connectivity index is 1.54. The number of aromatic nitrogens is 1. The first kappa shape index (κ1) is 19.6. The number of nitrogens with zero attached hydrogens (tertiary/aromatic N) is 3. The molecule has 1 aromatic heterocycles. The molecule has 1 unspecified atom stereocenters. The number of piperazine rings is 1. The van der Waals surface area contributed by atoms with Crippen molar-refractivity contribution < 1.29 is 9.32 Å². The molecule has 1 N–H and O–H groups in total. The molecule has 6 nitrogen and oxygen atoms in total. The number of likely N-dealkylation sites (N-methyl/N-ethyl adjacent to an activating group) is 1. The van der Waals surface area contributed by atoms with E-state index in [0.29, 0.717) is 24.0 Å². The Morgan fingerprint density at radius 2 is 1.93 bits per heavy atom. The van der Waals surface area contributed by atoms with Crippen LogP contribution >= 0.6 is 0 Å². The van der Waals surface area contributed by atoms with Gasteiger partial charge in [0.25, 0.3) is 5.91 Å². The third-order valence-electron chi connectivity index (χ3n) is 5.57. The predicted molar refractivity (Wildman–Crippen MR) is 107 cm³/mol. The monoisotopic (exact) mass is 370 g/mol. The number of nitrogens with one attached hydrogen (secondary N) is 1. The highest BCUT2D eigenvalue weighted by Gasteiger charge is 2.21. The van der Waals surface area contributed by atoms with Gasteiger partial charge in [-0.25, -0.2) is 0 Å². The second-order valence-corrected chi connectivity index (χ2v) is 7.40. The number of amides is 1. The van der Waals surface area contributed by atoms with Crippen molar-refractivity contribution in [3.63, 3.8) is 0 Å². The van der Waals surface area contributed by atoms with E-state index in [0.717, 1.165) is 38.3 Å². The Morgan fingerprint density at radius 1 is 1.19 bits per heavy atom. The van der Waals surface area contributed by atoms with Gasteiger partial charge in [-0.1, -0.05) is 24.2 Å². The van der Waals surface area contributed by atoms with Gasteiger partial charge in [-0.2, -0.15) is 0 Å². The summed E-state index contributed by atoms with van der Waals surface area (Å²) >= 11 is 0. The van der Waals surface area contributed by atoms with Gasteiger partial charge in [0, 0.05) is 50.4 Å². The van der Waals surface area contributed by atoms with Crippen LogP contribution in [0.15, 0.2) is 28.8 Å². The summed E-state index contributed by atoms with van der Waals surface area (Å²) in [6.07, 6.45) is 0. The summed E-state index contributed by atoms with van der Waals surface area (Å²) in [5.41, 5.74) is 3.68. The molecular formula is C21H30N4O2. The smallest absolute Gasteiger partial charge is 0.273 e. The van der Waals surface area contributed by atoms with Crippen molar-refractivity contribution in [2.45, 2.75) is 33.7 Å². The fourth-order valence-electron chi connectivity index (χ4n) is 3.39. The standard InChI is InChI=1S/C21H30N4O2/c1-5-24-8-10-25(11-9-24)17(4)14-22-21(26)19-13-20(27-23-19)18-7-6-15(2)16(3)12-18/h6-7,12-13,17H,5,8-11,14H2,1-4H3,(H,22,26). The molecule has 0 bridgehead atoms. The van der Waals surface area contributed by atoms with Gasteiger partial charge >= 0.3 is 0 Å². The molecule has 146 valence electrons. The van der Waals surface area contributed by atoms with Gasteiger partial charge in [0.1, 0.15) is 0 Å². The molecule has 0 radical (unpaired) electrons. The molecule has 2 heterocycles. The van der Waals surface area contributed by atoms with Gasteiger partial charge in [-0.05, 0) is 44.5 Å². The normalized spacial score (nSPS) is 17.0. The van der Waals surface area contributed by atoms with E-state index in [9.17, 15) is 4.79 Å². The topological polar surface area (TPSA) is 61.6 Å². The van der Waals surface area contributed by atoms with Crippen LogP contribution in [0, 0.1) is 13.8 Å². The van der Waals surface area contributed by atoms with Crippen LogP contribution in [0.1, 0.15) is 35.5 Å². The van der Waals surface area contributed by atoms with E-state index in [1.165, 1.54) is 11.1 Å². The SMILES string of the molecule is CCN1CCN(C(C)CNC(=O)c2cc(-c3ccc(C)c(C)c3)on2)CC1. The van der Waals surface area contributed by atoms with Crippen LogP contribution in [0.3, 0.4) is 0 Å². The summed E-state index contributed by atoms with van der Waals surface area (Å²) in [5, 5.41) is 6.94. The minimum Gasteiger partial charge on any atom is -0.355 e. The number of hydrogen-bond donors (Lipinski definition) is 1. The number of rotatable bonds is 6. The molecule has 2 aromatic rings. The molecule has 1 aliphatic rings. The van der Waals surface area contributed by atoms with Crippen LogP contribution in [0.2, 0.25) is 0 Å². The molecule has 1 saturated heterocycles. The lowest BCUT2D eigenvalue weighted by atomic mass is 10.0. The Kier molecular flexibility index (Phi) is 6.29. The number of aryl methyl sites for hydroxylation is 2. The minimum atomic E-state index is -0.187. The van der Waals surface area contributed by atoms with Crippen molar-refractivity contribution >= 4 is 5.91 Å². The van der Waals surface area contributed by atoms with Crippen LogP contribution in [-0.4, -0.2) is 66.2 Å². The summed E-state index contributed by atoms with van der Waals surface area (Å²) < 4.78 is 5.39. The second kappa shape index (κ2) is 8.67. The number of carbonyl (C=O) groups is 1. The van der Waals surface area contributed by atoms with E-state index >= 15 is 0 Å². The molecule has 1 atom stereocenters. The highest BCUT2D eigenvalue weighted by Crippen LogP contribution is 2.23. The fourth-order valence-corrected chi connectivity index (χ4v) is 3.39. The third kappa shape index (κ3) is 4.76. The zero-order chi connectivity index (χ0) is 19.4. The van der Waals surface area contributed by atoms with E-state index in [2.05, 4.69) is 54.0 Å². The van der Waals surface area contributed by atoms with E-state index < -0.39 is 0 Å². The van der Waals surface area contributed by atoms with E-state index in [4.69, 9.17) is 4.52 Å². The molecule has 0 saturated carbocycles. The summed E-state index contributed by atoms with van der Waals surface area (Å²) in [5.74, 6) is 0.430. The van der Waals surface area contributed by atoms with Crippen LogP contribution < -0.4 is 5.32 Å². The molecule has 1 aromatic carbocycles. The average Bonchev–Trinajstić information content (AvgIpc) is 3.18. The first-order valence-electron chi connectivity index (χ1n) is 9.77. The largest absolute Gasteiger partial charge is 0.355 e. The van der Waals surface area contributed by atoms with Gasteiger partial charge in [-0.15, -0.1) is 0 Å². The molecule has 27 heavy (non-hydrogen) atoms. The molecule has 3 rings (SSSR count). The van der Waals surface area contributed by atoms with Gasteiger partial charge < -0.3 is 14.7 Å². The van der Waals surface area contributed by atoms with Gasteiger partial charge in [0.15, 0.2) is 11.5 Å². The minimum absolute atomic E-state index is 0.187. The van der Waals surface area contributed by atoms with Crippen molar-refractivity contribution in [2.75, 3.05) is 39.3 Å². The maximum Gasteiger partial charge on any atom is 0.273 e. The zero-order valence-electron chi connectivity index (χ0n) is 16.8. The summed E-state index contributed by atoms with van der Waals surface area (Å²) in [6.45, 7) is 14.5. The Bertz CT molecular complexity index is 778. The van der Waals surface area contributed by atoms with Crippen molar-refractivity contribution in [1.29, 1.82) is 0 Å². The molecule has 0 aliphatic carbocycles. The average molecular weight is 370 g/mol. The molecular weight excluding hydrogens is 340 g/mol. The highest BCUT2D eigenvalue weighted by atomic mass is 16.5. The van der Waals surface area contributed by atoms with E-state index in [-0.39, 0.29) is 5.91 Å². The highest BCUT2D eigenvalue weighted by molar-refractivity contribution is 5.93. The van der Waals surface area contributed by atoms with Crippen LogP contribution in [-0.2, 0) is 0 Å². The lowest BCUT2D eigenvalue weighted by molar-refractivity contribution is 0.0876. The van der Waals surface area contributed by atoms with Crippen LogP contribution in [0.25, 0.3) is 11.3 Å². The maximum absolute atomic E-state index is 12.4. The van der Waals surface area contributed by atoms with Crippen LogP contribution in [0.4, 0.5) is 0 Å². The molecule has 1 aliphatic heterocycles. The van der Waals surface area contributed by atoms with Gasteiger partial charge in [0.05, 0.1) is 0 Å². The second-order valence-electron chi connectivity index (χ2n) is 7.40. The first-order valence-corrected chi connectivity index (χ1v) is 9.77. The number of benzene rings is 1. The van der Waals surface area contributed by atoms with Crippen LogP contribution in [0.5, 0.6) is 0 Å². The molecule has 6 heteroatoms. The molecule has 1 fully saturated rings. The predicted octanol–water partition coefficient (Wildman–Crippen LogP) is 2.71. The zero-order valence-corrected chi connectivity index (χ0v) is 16.8. The molecule has 0 spiro atoms. The number of hydrogen-bond acceptors (Lipinski definition) is 5. The van der Waals surface area contributed by atoms with Crippen molar-refractivity contribution in [3.8, 4) is 11.3 Å². The summed E-state index contributed by atoms with van der Waals surface area (Å²) in [6, 6.07) is 8.11. The lowest BCUT2D eigenvalue weighted by Crippen LogP contribution is -2.52. The van der Waals surface area contributed by atoms with Crippen molar-refractivity contribution in [3.05, 3.63) is 41.1 Å². The Labute approximate surface area is 161 Å². The number of carbonyl (C=O) groups excluding carboxylic acids is 1. The van der Waals surface area contributed by atoms with Crippen molar-refractivity contribution in [1.82, 2.24) is 20.3 Å². The van der Waals surface area contributed by atoms with E-state index in [1.54, 1.807) is 6.07 Å². The molecule has 1 amide bonds. The van der Waals surface area contributed by atoms with E-state index in [1.807, 2.05) is 12.1 Å². The fraction of sp³-hybridized carbons (Fsp3) is 0.524. The Hall–Kier alpha value is -2.18. The maximum atomic E-state index is 12.4. The summed E-state index contributed by atoms with van der Waals surface area (Å²) in [7, 11) is 0. The van der Waals surface area contributed by atoms with Gasteiger partial charge in [-0.3, -0.25) is 9.69 Å². The third-order valence-corrected chi connectivity index (χ3v) is 5.57. The Morgan fingerprint density at radius 3 is 2.59 bits per heavy atom.